The average Bonchev–Trinajstić information content (AvgIpc) is 2.27. The molecule has 6 heteroatoms. The predicted molar refractivity (Wildman–Crippen MR) is 59.8 cm³/mol. The van der Waals surface area contributed by atoms with Gasteiger partial charge in [-0.1, -0.05) is 0 Å². The molecule has 1 aliphatic rings. The fourth-order valence-corrected chi connectivity index (χ4v) is 1.90. The van der Waals surface area contributed by atoms with Gasteiger partial charge in [-0.2, -0.15) is 0 Å². The lowest BCUT2D eigenvalue weighted by Gasteiger charge is -2.26. The number of halogens is 2. The maximum absolute atomic E-state index is 11.7. The summed E-state index contributed by atoms with van der Waals surface area (Å²) in [7, 11) is 0. The van der Waals surface area contributed by atoms with Crippen LogP contribution in [0.4, 0.5) is 8.78 Å². The van der Waals surface area contributed by atoms with E-state index in [1.165, 1.54) is 0 Å². The SMILES string of the molecule is NC1CCC(NC(=O)CCOCC(F)F)CC1. The normalized spacial score (nSPS) is 24.9. The summed E-state index contributed by atoms with van der Waals surface area (Å²) in [6.45, 7) is -0.562. The van der Waals surface area contributed by atoms with Crippen LogP contribution in [0.5, 0.6) is 0 Å². The van der Waals surface area contributed by atoms with Gasteiger partial charge in [0.05, 0.1) is 6.61 Å². The van der Waals surface area contributed by atoms with Crippen molar-refractivity contribution in [2.24, 2.45) is 5.73 Å². The molecule has 3 N–H and O–H groups in total. The lowest BCUT2D eigenvalue weighted by molar-refractivity contribution is -0.123. The Morgan fingerprint density at radius 2 is 2.00 bits per heavy atom. The number of hydrogen-bond acceptors (Lipinski definition) is 3. The van der Waals surface area contributed by atoms with E-state index in [1.54, 1.807) is 0 Å². The van der Waals surface area contributed by atoms with Crippen LogP contribution in [0, 0.1) is 0 Å². The molecule has 0 aromatic rings. The third kappa shape index (κ3) is 6.53. The fraction of sp³-hybridized carbons (Fsp3) is 0.909. The van der Waals surface area contributed by atoms with Gasteiger partial charge in [-0.05, 0) is 25.7 Å². The number of carbonyl (C=O) groups is 1. The molecule has 1 aliphatic carbocycles. The molecule has 17 heavy (non-hydrogen) atoms. The van der Waals surface area contributed by atoms with Gasteiger partial charge >= 0.3 is 0 Å². The summed E-state index contributed by atoms with van der Waals surface area (Å²) in [6.07, 6.45) is 1.29. The zero-order valence-electron chi connectivity index (χ0n) is 9.83. The molecular weight excluding hydrogens is 230 g/mol. The second-order valence-corrected chi connectivity index (χ2v) is 4.40. The molecule has 1 fully saturated rings. The van der Waals surface area contributed by atoms with E-state index >= 15 is 0 Å². The smallest absolute Gasteiger partial charge is 0.261 e. The Balaban J connectivity index is 2.04. The van der Waals surface area contributed by atoms with Gasteiger partial charge in [0.2, 0.25) is 5.91 Å². The molecule has 0 radical (unpaired) electrons. The van der Waals surface area contributed by atoms with E-state index < -0.39 is 13.0 Å². The van der Waals surface area contributed by atoms with Crippen molar-refractivity contribution in [3.8, 4) is 0 Å². The van der Waals surface area contributed by atoms with Gasteiger partial charge in [-0.3, -0.25) is 4.79 Å². The van der Waals surface area contributed by atoms with E-state index in [-0.39, 0.29) is 31.0 Å². The molecule has 1 amide bonds. The van der Waals surface area contributed by atoms with Gasteiger partial charge in [-0.15, -0.1) is 0 Å². The number of nitrogens with two attached hydrogens (primary N) is 1. The third-order valence-electron chi connectivity index (χ3n) is 2.85. The Bertz CT molecular complexity index is 232. The summed E-state index contributed by atoms with van der Waals surface area (Å²) in [4.78, 5) is 11.4. The molecule has 0 saturated heterocycles. The van der Waals surface area contributed by atoms with Gasteiger partial charge in [0.15, 0.2) is 0 Å². The molecule has 0 heterocycles. The van der Waals surface area contributed by atoms with Crippen LogP contribution in [0.15, 0.2) is 0 Å². The molecule has 0 spiro atoms. The van der Waals surface area contributed by atoms with Gasteiger partial charge in [-0.25, -0.2) is 8.78 Å². The zero-order chi connectivity index (χ0) is 12.7. The first kappa shape index (κ1) is 14.3. The minimum atomic E-state index is -2.47. The highest BCUT2D eigenvalue weighted by atomic mass is 19.3. The summed E-state index contributed by atoms with van der Waals surface area (Å²) >= 11 is 0. The third-order valence-corrected chi connectivity index (χ3v) is 2.85. The number of ether oxygens (including phenoxy) is 1. The molecule has 0 aromatic heterocycles. The summed E-state index contributed by atoms with van der Waals surface area (Å²) in [6, 6.07) is 0.426. The van der Waals surface area contributed by atoms with Gasteiger partial charge < -0.3 is 15.8 Å². The average molecular weight is 250 g/mol. The lowest BCUT2D eigenvalue weighted by atomic mass is 9.92. The molecule has 100 valence electrons. The highest BCUT2D eigenvalue weighted by molar-refractivity contribution is 5.76. The van der Waals surface area contributed by atoms with E-state index in [2.05, 4.69) is 10.1 Å². The molecular formula is C11H20F2N2O2. The highest BCUT2D eigenvalue weighted by Gasteiger charge is 2.19. The second-order valence-electron chi connectivity index (χ2n) is 4.40. The van der Waals surface area contributed by atoms with Crippen molar-refractivity contribution in [1.29, 1.82) is 0 Å². The van der Waals surface area contributed by atoms with Crippen LogP contribution in [0.3, 0.4) is 0 Å². The van der Waals surface area contributed by atoms with Crippen LogP contribution >= 0.6 is 0 Å². The predicted octanol–water partition coefficient (Wildman–Crippen LogP) is 1.04. The van der Waals surface area contributed by atoms with Crippen LogP contribution < -0.4 is 11.1 Å². The van der Waals surface area contributed by atoms with Crippen molar-refractivity contribution in [2.45, 2.75) is 50.6 Å². The van der Waals surface area contributed by atoms with Crippen molar-refractivity contribution in [2.75, 3.05) is 13.2 Å². The van der Waals surface area contributed by atoms with Crippen LogP contribution in [0.25, 0.3) is 0 Å². The van der Waals surface area contributed by atoms with E-state index in [9.17, 15) is 13.6 Å². The Morgan fingerprint density at radius 3 is 2.59 bits per heavy atom. The van der Waals surface area contributed by atoms with Crippen LogP contribution in [0.2, 0.25) is 0 Å². The minimum absolute atomic E-state index is 0.0441. The Morgan fingerprint density at radius 1 is 1.35 bits per heavy atom. The number of alkyl halides is 2. The largest absolute Gasteiger partial charge is 0.375 e. The number of rotatable bonds is 6. The van der Waals surface area contributed by atoms with Crippen LogP contribution in [-0.2, 0) is 9.53 Å². The highest BCUT2D eigenvalue weighted by Crippen LogP contribution is 2.16. The molecule has 0 atom stereocenters. The second kappa shape index (κ2) is 7.55. The van der Waals surface area contributed by atoms with E-state index in [0.29, 0.717) is 0 Å². The molecule has 0 aromatic carbocycles. The molecule has 4 nitrogen and oxygen atoms in total. The van der Waals surface area contributed by atoms with Gasteiger partial charge in [0.1, 0.15) is 6.61 Å². The summed E-state index contributed by atoms with van der Waals surface area (Å²) < 4.78 is 28.1. The van der Waals surface area contributed by atoms with E-state index in [1.807, 2.05) is 0 Å². The van der Waals surface area contributed by atoms with Gasteiger partial charge in [0.25, 0.3) is 6.43 Å². The maximum atomic E-state index is 11.7. The van der Waals surface area contributed by atoms with Crippen LogP contribution in [0.1, 0.15) is 32.1 Å². The zero-order valence-corrected chi connectivity index (χ0v) is 9.83. The first-order valence-corrected chi connectivity index (χ1v) is 5.98. The number of carbonyl (C=O) groups excluding carboxylic acids is 1. The fourth-order valence-electron chi connectivity index (χ4n) is 1.90. The van der Waals surface area contributed by atoms with Crippen molar-refractivity contribution < 1.29 is 18.3 Å². The summed E-state index contributed by atoms with van der Waals surface area (Å²) in [5.74, 6) is -0.139. The van der Waals surface area contributed by atoms with Crippen molar-refractivity contribution >= 4 is 5.91 Å². The Kier molecular flexibility index (Phi) is 6.36. The summed E-state index contributed by atoms with van der Waals surface area (Å²) in [5, 5.41) is 2.87. The van der Waals surface area contributed by atoms with Crippen molar-refractivity contribution in [3.63, 3.8) is 0 Å². The van der Waals surface area contributed by atoms with E-state index in [4.69, 9.17) is 5.73 Å². The molecule has 0 unspecified atom stereocenters. The number of hydrogen-bond donors (Lipinski definition) is 2. The van der Waals surface area contributed by atoms with Crippen LogP contribution in [-0.4, -0.2) is 37.6 Å². The number of nitrogens with one attached hydrogen (secondary N) is 1. The maximum Gasteiger partial charge on any atom is 0.261 e. The van der Waals surface area contributed by atoms with Gasteiger partial charge in [0, 0.05) is 18.5 Å². The van der Waals surface area contributed by atoms with E-state index in [0.717, 1.165) is 25.7 Å². The van der Waals surface area contributed by atoms with Crippen molar-refractivity contribution in [3.05, 3.63) is 0 Å². The Hall–Kier alpha value is -0.750. The first-order valence-electron chi connectivity index (χ1n) is 5.98. The monoisotopic (exact) mass is 250 g/mol. The standard InChI is InChI=1S/C11H20F2N2O2/c12-10(13)7-17-6-5-11(16)15-9-3-1-8(14)2-4-9/h8-10H,1-7,14H2,(H,15,16). The molecule has 0 aliphatic heterocycles. The van der Waals surface area contributed by atoms with Crippen molar-refractivity contribution in [1.82, 2.24) is 5.32 Å². The minimum Gasteiger partial charge on any atom is -0.375 e. The summed E-state index contributed by atoms with van der Waals surface area (Å²) in [5.41, 5.74) is 5.75. The quantitative estimate of drug-likeness (QED) is 0.692. The first-order chi connectivity index (χ1) is 8.08. The lowest BCUT2D eigenvalue weighted by Crippen LogP contribution is -2.40. The molecule has 1 saturated carbocycles. The number of amides is 1. The topological polar surface area (TPSA) is 64.3 Å². The Labute approximate surface area is 99.9 Å². The molecule has 0 bridgehead atoms. The molecule has 1 rings (SSSR count).